The van der Waals surface area contributed by atoms with Crippen LogP contribution in [0.3, 0.4) is 0 Å². The fraction of sp³-hybridized carbons (Fsp3) is 0.261. The first-order valence-electron chi connectivity index (χ1n) is 9.96. The van der Waals surface area contributed by atoms with Gasteiger partial charge in [0.15, 0.2) is 0 Å². The van der Waals surface area contributed by atoms with Crippen LogP contribution in [-0.4, -0.2) is 44.8 Å². The van der Waals surface area contributed by atoms with Gasteiger partial charge in [-0.25, -0.2) is 14.6 Å². The largest absolute Gasteiger partial charge is 0.477 e. The number of amides is 1. The van der Waals surface area contributed by atoms with Crippen LogP contribution >= 0.6 is 0 Å². The van der Waals surface area contributed by atoms with Gasteiger partial charge in [0.25, 0.3) is 0 Å². The molecule has 2 heterocycles. The molecule has 1 atom stereocenters. The number of carboxylic acid groups (broad SMARTS) is 1. The molecule has 1 aliphatic carbocycles. The van der Waals surface area contributed by atoms with Gasteiger partial charge in [-0.15, -0.1) is 0 Å². The summed E-state index contributed by atoms with van der Waals surface area (Å²) in [6.45, 7) is 2.85. The van der Waals surface area contributed by atoms with E-state index in [2.05, 4.69) is 29.2 Å². The Morgan fingerprint density at radius 2 is 1.70 bits per heavy atom. The van der Waals surface area contributed by atoms with Crippen LogP contribution in [0.4, 0.5) is 4.79 Å². The zero-order valence-electron chi connectivity index (χ0n) is 16.5. The van der Waals surface area contributed by atoms with Gasteiger partial charge in [0.1, 0.15) is 18.1 Å². The van der Waals surface area contributed by atoms with Crippen molar-refractivity contribution >= 4 is 12.1 Å². The maximum Gasteiger partial charge on any atom is 0.410 e. The topological polar surface area (TPSA) is 84.7 Å². The smallest absolute Gasteiger partial charge is 0.410 e. The molecule has 0 saturated heterocycles. The van der Waals surface area contributed by atoms with Crippen molar-refractivity contribution in [2.75, 3.05) is 13.2 Å². The summed E-state index contributed by atoms with van der Waals surface area (Å²) in [5.74, 6) is -0.454. The number of hydrogen-bond acceptors (Lipinski definition) is 4. The zero-order valence-corrected chi connectivity index (χ0v) is 16.5. The summed E-state index contributed by atoms with van der Waals surface area (Å²) < 4.78 is 7.41. The van der Waals surface area contributed by atoms with Crippen molar-refractivity contribution in [2.45, 2.75) is 25.4 Å². The molecule has 0 radical (unpaired) electrons. The third-order valence-corrected chi connectivity index (χ3v) is 6.08. The molecule has 7 heteroatoms. The van der Waals surface area contributed by atoms with E-state index in [0.717, 1.165) is 0 Å². The molecule has 2 aromatic carbocycles. The number of hydrogen-bond donors (Lipinski definition) is 1. The highest BCUT2D eigenvalue weighted by Crippen LogP contribution is 2.44. The van der Waals surface area contributed by atoms with Gasteiger partial charge in [-0.1, -0.05) is 48.5 Å². The maximum absolute atomic E-state index is 12.9. The second-order valence-corrected chi connectivity index (χ2v) is 7.63. The second kappa shape index (κ2) is 7.02. The average molecular weight is 403 g/mol. The van der Waals surface area contributed by atoms with Crippen LogP contribution in [0, 0.1) is 0 Å². The quantitative estimate of drug-likeness (QED) is 0.717. The van der Waals surface area contributed by atoms with Crippen molar-refractivity contribution in [1.82, 2.24) is 14.5 Å². The van der Waals surface area contributed by atoms with Crippen LogP contribution in [0.5, 0.6) is 0 Å². The Balaban J connectivity index is 1.34. The predicted octanol–water partition coefficient (Wildman–Crippen LogP) is 3.91. The number of benzene rings is 2. The summed E-state index contributed by atoms with van der Waals surface area (Å²) in [7, 11) is 0. The number of carbonyl (C=O) groups excluding carboxylic acids is 1. The zero-order chi connectivity index (χ0) is 20.8. The minimum absolute atomic E-state index is 0.00189. The van der Waals surface area contributed by atoms with Crippen molar-refractivity contribution in [2.24, 2.45) is 0 Å². The fourth-order valence-electron chi connectivity index (χ4n) is 4.60. The van der Waals surface area contributed by atoms with E-state index in [1.165, 1.54) is 28.5 Å². The Kier molecular flexibility index (Phi) is 4.31. The van der Waals surface area contributed by atoms with E-state index in [-0.39, 0.29) is 24.3 Å². The van der Waals surface area contributed by atoms with Crippen LogP contribution in [0.1, 0.15) is 46.3 Å². The number of rotatable bonds is 3. The number of fused-ring (bicyclic) bond motifs is 4. The molecule has 0 spiro atoms. The number of aromatic nitrogens is 2. The van der Waals surface area contributed by atoms with Crippen molar-refractivity contribution in [3.63, 3.8) is 0 Å². The molecule has 1 N–H and O–H groups in total. The standard InChI is InChI=1S/C23H21N3O4/c1-14-21-24-12-20(22(27)28)26(21)11-10-25(14)23(29)30-13-19-17-8-4-2-6-15(17)16-7-3-5-9-18(16)19/h2-9,12,14,19H,10-11,13H2,1H3,(H,27,28). The number of ether oxygens (including phenoxy) is 1. The van der Waals surface area contributed by atoms with E-state index in [1.807, 2.05) is 31.2 Å². The van der Waals surface area contributed by atoms with E-state index in [1.54, 1.807) is 9.47 Å². The van der Waals surface area contributed by atoms with Crippen LogP contribution in [0.15, 0.2) is 54.7 Å². The van der Waals surface area contributed by atoms with Crippen molar-refractivity contribution < 1.29 is 19.4 Å². The van der Waals surface area contributed by atoms with E-state index in [4.69, 9.17) is 4.74 Å². The SMILES string of the molecule is CC1c2ncc(C(=O)O)n2CCN1C(=O)OCC1c2ccccc2-c2ccccc21. The number of carboxylic acids is 1. The minimum atomic E-state index is -1.02. The summed E-state index contributed by atoms with van der Waals surface area (Å²) in [5.41, 5.74) is 4.84. The van der Waals surface area contributed by atoms with Crippen molar-refractivity contribution in [3.8, 4) is 11.1 Å². The van der Waals surface area contributed by atoms with Gasteiger partial charge < -0.3 is 14.4 Å². The molecule has 1 aliphatic heterocycles. The van der Waals surface area contributed by atoms with Gasteiger partial charge in [0.2, 0.25) is 0 Å². The Bertz CT molecular complexity index is 1110. The second-order valence-electron chi connectivity index (χ2n) is 7.63. The Hall–Kier alpha value is -3.61. The van der Waals surface area contributed by atoms with Crippen molar-refractivity contribution in [3.05, 3.63) is 77.4 Å². The van der Waals surface area contributed by atoms with Crippen LogP contribution in [-0.2, 0) is 11.3 Å². The Morgan fingerprint density at radius 3 is 2.33 bits per heavy atom. The first-order chi connectivity index (χ1) is 14.6. The first-order valence-corrected chi connectivity index (χ1v) is 9.96. The summed E-state index contributed by atoms with van der Waals surface area (Å²) in [6, 6.07) is 16.1. The Morgan fingerprint density at radius 1 is 1.07 bits per heavy atom. The normalized spacial score (nSPS) is 17.2. The summed E-state index contributed by atoms with van der Waals surface area (Å²) in [6.07, 6.45) is 0.936. The molecular weight excluding hydrogens is 382 g/mol. The first kappa shape index (κ1) is 18.4. The van der Waals surface area contributed by atoms with Gasteiger partial charge in [0, 0.05) is 19.0 Å². The van der Waals surface area contributed by atoms with Crippen molar-refractivity contribution in [1.29, 1.82) is 0 Å². The number of imidazole rings is 1. The highest BCUT2D eigenvalue weighted by Gasteiger charge is 2.34. The molecule has 0 bridgehead atoms. The molecule has 1 amide bonds. The van der Waals surface area contributed by atoms with E-state index in [0.29, 0.717) is 18.9 Å². The lowest BCUT2D eigenvalue weighted by atomic mass is 9.98. The fourth-order valence-corrected chi connectivity index (χ4v) is 4.60. The molecule has 0 fully saturated rings. The van der Waals surface area contributed by atoms with Crippen LogP contribution in [0.25, 0.3) is 11.1 Å². The molecule has 7 nitrogen and oxygen atoms in total. The third-order valence-electron chi connectivity index (χ3n) is 6.08. The molecule has 30 heavy (non-hydrogen) atoms. The van der Waals surface area contributed by atoms with Crippen LogP contribution < -0.4 is 0 Å². The summed E-state index contributed by atoms with van der Waals surface area (Å²) >= 11 is 0. The van der Waals surface area contributed by atoms with Gasteiger partial charge in [-0.2, -0.15) is 0 Å². The summed E-state index contributed by atoms with van der Waals surface area (Å²) in [5, 5.41) is 9.29. The van der Waals surface area contributed by atoms with Crippen LogP contribution in [0.2, 0.25) is 0 Å². The lowest BCUT2D eigenvalue weighted by molar-refractivity contribution is 0.0666. The molecule has 1 aromatic heterocycles. The summed E-state index contributed by atoms with van der Waals surface area (Å²) in [4.78, 5) is 30.1. The molecule has 3 aromatic rings. The number of carbonyl (C=O) groups is 2. The number of aromatic carboxylic acids is 1. The molecule has 152 valence electrons. The number of nitrogens with zero attached hydrogens (tertiary/aromatic N) is 3. The van der Waals surface area contributed by atoms with Gasteiger partial charge in [-0.3, -0.25) is 4.90 Å². The molecule has 5 rings (SSSR count). The van der Waals surface area contributed by atoms with E-state index < -0.39 is 12.1 Å². The lowest BCUT2D eigenvalue weighted by Gasteiger charge is -2.33. The molecule has 0 saturated carbocycles. The predicted molar refractivity (Wildman–Crippen MR) is 109 cm³/mol. The lowest BCUT2D eigenvalue weighted by Crippen LogP contribution is -2.42. The molecule has 2 aliphatic rings. The monoisotopic (exact) mass is 403 g/mol. The highest BCUT2D eigenvalue weighted by molar-refractivity contribution is 5.85. The van der Waals surface area contributed by atoms with Gasteiger partial charge >= 0.3 is 12.1 Å². The third kappa shape index (κ3) is 2.77. The molecule has 1 unspecified atom stereocenters. The minimum Gasteiger partial charge on any atom is -0.477 e. The average Bonchev–Trinajstić information content (AvgIpc) is 3.33. The Labute approximate surface area is 173 Å². The maximum atomic E-state index is 12.9. The van der Waals surface area contributed by atoms with Gasteiger partial charge in [-0.05, 0) is 29.2 Å². The van der Waals surface area contributed by atoms with Gasteiger partial charge in [0.05, 0.1) is 12.2 Å². The highest BCUT2D eigenvalue weighted by atomic mass is 16.6. The molecular formula is C23H21N3O4. The van der Waals surface area contributed by atoms with E-state index in [9.17, 15) is 14.7 Å². The van der Waals surface area contributed by atoms with E-state index >= 15 is 0 Å².